The maximum atomic E-state index is 12.1. The molecule has 2 aromatic rings. The highest BCUT2D eigenvalue weighted by Crippen LogP contribution is 2.14. The van der Waals surface area contributed by atoms with Crippen molar-refractivity contribution in [1.82, 2.24) is 5.32 Å². The predicted octanol–water partition coefficient (Wildman–Crippen LogP) is 1.97. The minimum Gasteiger partial charge on any atom is -0.497 e. The lowest BCUT2D eigenvalue weighted by molar-refractivity contribution is -0.127. The van der Waals surface area contributed by atoms with Crippen LogP contribution in [0.4, 0.5) is 0 Å². The van der Waals surface area contributed by atoms with Crippen LogP contribution in [0.3, 0.4) is 0 Å². The van der Waals surface area contributed by atoms with Gasteiger partial charge >= 0.3 is 0 Å². The Morgan fingerprint density at radius 3 is 2.30 bits per heavy atom. The van der Waals surface area contributed by atoms with Gasteiger partial charge in [-0.05, 0) is 29.7 Å². The number of benzene rings is 2. The lowest BCUT2D eigenvalue weighted by Gasteiger charge is -2.15. The quantitative estimate of drug-likeness (QED) is 0.820. The van der Waals surface area contributed by atoms with Crippen molar-refractivity contribution < 1.29 is 14.3 Å². The number of hydrogen-bond donors (Lipinski definition) is 2. The fraction of sp³-hybridized carbons (Fsp3) is 0.222. The summed E-state index contributed by atoms with van der Waals surface area (Å²) in [4.78, 5) is 23.7. The second-order valence-electron chi connectivity index (χ2n) is 5.16. The number of primary amides is 1. The Hall–Kier alpha value is -2.82. The summed E-state index contributed by atoms with van der Waals surface area (Å²) in [5.41, 5.74) is 7.09. The van der Waals surface area contributed by atoms with Crippen LogP contribution < -0.4 is 15.8 Å². The normalized spacial score (nSPS) is 11.5. The lowest BCUT2D eigenvalue weighted by Crippen LogP contribution is -2.37. The molecule has 0 aliphatic rings. The van der Waals surface area contributed by atoms with Gasteiger partial charge in [0.2, 0.25) is 11.8 Å². The summed E-state index contributed by atoms with van der Waals surface area (Å²) in [5, 5.41) is 2.69. The molecule has 0 aliphatic heterocycles. The predicted molar refractivity (Wildman–Crippen MR) is 87.8 cm³/mol. The van der Waals surface area contributed by atoms with Crippen molar-refractivity contribution in [3.05, 3.63) is 65.7 Å². The zero-order chi connectivity index (χ0) is 16.7. The molecule has 0 radical (unpaired) electrons. The van der Waals surface area contributed by atoms with Crippen molar-refractivity contribution in [2.24, 2.45) is 5.73 Å². The molecule has 0 saturated carbocycles. The highest BCUT2D eigenvalue weighted by atomic mass is 16.5. The van der Waals surface area contributed by atoms with E-state index in [1.807, 2.05) is 30.3 Å². The van der Waals surface area contributed by atoms with E-state index in [9.17, 15) is 9.59 Å². The van der Waals surface area contributed by atoms with Gasteiger partial charge in [0.1, 0.15) is 11.8 Å². The van der Waals surface area contributed by atoms with Crippen LogP contribution in [-0.2, 0) is 16.0 Å². The number of rotatable bonds is 7. The van der Waals surface area contributed by atoms with Gasteiger partial charge in [-0.15, -0.1) is 0 Å². The Balaban J connectivity index is 1.93. The molecule has 2 rings (SSSR count). The summed E-state index contributed by atoms with van der Waals surface area (Å²) in [5.74, 6) is -0.0152. The summed E-state index contributed by atoms with van der Waals surface area (Å²) in [6.45, 7) is 0. The van der Waals surface area contributed by atoms with E-state index in [0.717, 1.165) is 11.3 Å². The van der Waals surface area contributed by atoms with Gasteiger partial charge in [-0.2, -0.15) is 0 Å². The van der Waals surface area contributed by atoms with E-state index >= 15 is 0 Å². The molecule has 0 aliphatic carbocycles. The first kappa shape index (κ1) is 16.5. The summed E-state index contributed by atoms with van der Waals surface area (Å²) >= 11 is 0. The van der Waals surface area contributed by atoms with E-state index in [1.54, 1.807) is 31.4 Å². The molecule has 2 amide bonds. The molecule has 23 heavy (non-hydrogen) atoms. The van der Waals surface area contributed by atoms with Crippen LogP contribution in [0.25, 0.3) is 0 Å². The monoisotopic (exact) mass is 312 g/mol. The Labute approximate surface area is 135 Å². The fourth-order valence-corrected chi connectivity index (χ4v) is 2.25. The van der Waals surface area contributed by atoms with Crippen LogP contribution in [0.2, 0.25) is 0 Å². The van der Waals surface area contributed by atoms with Gasteiger partial charge in [-0.25, -0.2) is 0 Å². The topological polar surface area (TPSA) is 81.4 Å². The highest BCUT2D eigenvalue weighted by molar-refractivity contribution is 5.87. The second kappa shape index (κ2) is 7.98. The van der Waals surface area contributed by atoms with Crippen molar-refractivity contribution in [2.75, 3.05) is 7.11 Å². The number of nitrogens with one attached hydrogen (secondary N) is 1. The minimum atomic E-state index is -0.806. The molecule has 2 aromatic carbocycles. The van der Waals surface area contributed by atoms with Crippen LogP contribution >= 0.6 is 0 Å². The first-order valence-electron chi connectivity index (χ1n) is 7.36. The van der Waals surface area contributed by atoms with E-state index < -0.39 is 11.9 Å². The van der Waals surface area contributed by atoms with Crippen molar-refractivity contribution in [2.45, 2.75) is 18.9 Å². The van der Waals surface area contributed by atoms with Gasteiger partial charge in [-0.1, -0.05) is 42.5 Å². The third kappa shape index (κ3) is 4.85. The molecule has 0 saturated heterocycles. The third-order valence-corrected chi connectivity index (χ3v) is 3.52. The Bertz CT molecular complexity index is 654. The van der Waals surface area contributed by atoms with Gasteiger partial charge in [0.25, 0.3) is 0 Å². The first-order valence-corrected chi connectivity index (χ1v) is 7.36. The number of ether oxygens (including phenoxy) is 1. The molecule has 0 unspecified atom stereocenters. The van der Waals surface area contributed by atoms with E-state index in [4.69, 9.17) is 10.5 Å². The van der Waals surface area contributed by atoms with Gasteiger partial charge in [-0.3, -0.25) is 9.59 Å². The molecule has 1 atom stereocenters. The van der Waals surface area contributed by atoms with E-state index in [0.29, 0.717) is 12.0 Å². The molecule has 0 bridgehead atoms. The Morgan fingerprint density at radius 2 is 1.74 bits per heavy atom. The number of hydrogen-bond acceptors (Lipinski definition) is 3. The van der Waals surface area contributed by atoms with Gasteiger partial charge in [0.05, 0.1) is 7.11 Å². The number of nitrogens with two attached hydrogens (primary N) is 1. The van der Waals surface area contributed by atoms with Crippen LogP contribution in [0.15, 0.2) is 54.6 Å². The molecular weight excluding hydrogens is 292 g/mol. The van der Waals surface area contributed by atoms with Gasteiger partial charge < -0.3 is 15.8 Å². The second-order valence-corrected chi connectivity index (χ2v) is 5.16. The molecular formula is C18H20N2O3. The van der Waals surface area contributed by atoms with Crippen LogP contribution in [-0.4, -0.2) is 18.9 Å². The zero-order valence-corrected chi connectivity index (χ0v) is 13.0. The first-order chi connectivity index (χ1) is 11.1. The molecule has 0 heterocycles. The molecule has 0 spiro atoms. The standard InChI is InChI=1S/C18H20N2O3/c1-23-15-10-7-13(8-11-15)9-12-16(21)20-17(18(19)22)14-5-3-2-4-6-14/h2-8,10-11,17H,9,12H2,1H3,(H2,19,22)(H,20,21)/t17-/m0/s1. The Morgan fingerprint density at radius 1 is 1.09 bits per heavy atom. The van der Waals surface area contributed by atoms with Crippen molar-refractivity contribution >= 4 is 11.8 Å². The van der Waals surface area contributed by atoms with Crippen molar-refractivity contribution in [3.8, 4) is 5.75 Å². The molecule has 3 N–H and O–H groups in total. The number of aryl methyl sites for hydroxylation is 1. The van der Waals surface area contributed by atoms with Crippen molar-refractivity contribution in [1.29, 1.82) is 0 Å². The fourth-order valence-electron chi connectivity index (χ4n) is 2.25. The zero-order valence-electron chi connectivity index (χ0n) is 13.0. The smallest absolute Gasteiger partial charge is 0.244 e. The van der Waals surface area contributed by atoms with Gasteiger partial charge in [0.15, 0.2) is 0 Å². The number of carbonyl (C=O) groups is 2. The average Bonchev–Trinajstić information content (AvgIpc) is 2.58. The molecule has 5 heteroatoms. The van der Waals surface area contributed by atoms with Crippen molar-refractivity contribution in [3.63, 3.8) is 0 Å². The summed E-state index contributed by atoms with van der Waals surface area (Å²) in [7, 11) is 1.61. The lowest BCUT2D eigenvalue weighted by atomic mass is 10.1. The summed E-state index contributed by atoms with van der Waals surface area (Å²) in [6, 6.07) is 15.7. The van der Waals surface area contributed by atoms with E-state index in [2.05, 4.69) is 5.32 Å². The van der Waals surface area contributed by atoms with Gasteiger partial charge in [0, 0.05) is 6.42 Å². The molecule has 0 aromatic heterocycles. The highest BCUT2D eigenvalue weighted by Gasteiger charge is 2.19. The Kier molecular flexibility index (Phi) is 5.74. The number of amides is 2. The molecule has 5 nitrogen and oxygen atoms in total. The van der Waals surface area contributed by atoms with Crippen LogP contribution in [0.1, 0.15) is 23.6 Å². The summed E-state index contributed by atoms with van der Waals surface area (Å²) in [6.07, 6.45) is 0.860. The van der Waals surface area contributed by atoms with Crippen LogP contribution in [0.5, 0.6) is 5.75 Å². The molecule has 0 fully saturated rings. The largest absolute Gasteiger partial charge is 0.497 e. The van der Waals surface area contributed by atoms with Crippen LogP contribution in [0, 0.1) is 0 Å². The number of carbonyl (C=O) groups excluding carboxylic acids is 2. The minimum absolute atomic E-state index is 0.214. The van der Waals surface area contributed by atoms with E-state index in [1.165, 1.54) is 0 Å². The maximum absolute atomic E-state index is 12.1. The third-order valence-electron chi connectivity index (χ3n) is 3.52. The average molecular weight is 312 g/mol. The number of methoxy groups -OCH3 is 1. The maximum Gasteiger partial charge on any atom is 0.244 e. The SMILES string of the molecule is COc1ccc(CCC(=O)N[C@H](C(N)=O)c2ccccc2)cc1. The van der Waals surface area contributed by atoms with E-state index in [-0.39, 0.29) is 12.3 Å². The summed E-state index contributed by atoms with van der Waals surface area (Å²) < 4.78 is 5.09. The molecule has 120 valence electrons.